The van der Waals surface area contributed by atoms with Gasteiger partial charge in [0.25, 0.3) is 0 Å². The van der Waals surface area contributed by atoms with Crippen molar-refractivity contribution in [2.24, 2.45) is 11.7 Å². The molecule has 4 heteroatoms. The molecule has 1 aromatic carbocycles. The van der Waals surface area contributed by atoms with E-state index in [0.29, 0.717) is 11.7 Å². The van der Waals surface area contributed by atoms with E-state index in [9.17, 15) is 0 Å². The van der Waals surface area contributed by atoms with E-state index in [1.165, 1.54) is 18.4 Å². The van der Waals surface area contributed by atoms with Crippen molar-refractivity contribution in [2.75, 3.05) is 6.54 Å². The lowest BCUT2D eigenvalue weighted by molar-refractivity contribution is 0.349. The van der Waals surface area contributed by atoms with Crippen molar-refractivity contribution in [3.63, 3.8) is 0 Å². The van der Waals surface area contributed by atoms with Crippen LogP contribution < -0.4 is 5.73 Å². The van der Waals surface area contributed by atoms with E-state index in [0.717, 1.165) is 37.3 Å². The van der Waals surface area contributed by atoms with Gasteiger partial charge in [0, 0.05) is 12.0 Å². The Kier molecular flexibility index (Phi) is 5.93. The molecule has 1 unspecified atom stereocenters. The SMILES string of the molecule is CCCC(CCN)CCc1nc(-c2ccc(C)cc2)no1. The predicted molar refractivity (Wildman–Crippen MR) is 84.9 cm³/mol. The minimum absolute atomic E-state index is 0.662. The first-order valence-corrected chi connectivity index (χ1v) is 7.82. The second kappa shape index (κ2) is 7.93. The number of nitrogens with zero attached hydrogens (tertiary/aromatic N) is 2. The molecular formula is C17H25N3O. The summed E-state index contributed by atoms with van der Waals surface area (Å²) in [5.41, 5.74) is 7.90. The third-order valence-electron chi connectivity index (χ3n) is 3.82. The maximum atomic E-state index is 5.67. The molecular weight excluding hydrogens is 262 g/mol. The van der Waals surface area contributed by atoms with E-state index in [-0.39, 0.29) is 0 Å². The van der Waals surface area contributed by atoms with Gasteiger partial charge in [-0.05, 0) is 32.2 Å². The molecule has 1 heterocycles. The van der Waals surface area contributed by atoms with Crippen LogP contribution in [0.4, 0.5) is 0 Å². The maximum Gasteiger partial charge on any atom is 0.226 e. The molecule has 1 atom stereocenters. The van der Waals surface area contributed by atoms with E-state index in [1.807, 2.05) is 12.1 Å². The van der Waals surface area contributed by atoms with Gasteiger partial charge in [-0.2, -0.15) is 4.98 Å². The van der Waals surface area contributed by atoms with Crippen LogP contribution >= 0.6 is 0 Å². The number of aromatic nitrogens is 2. The summed E-state index contributed by atoms with van der Waals surface area (Å²) in [6.07, 6.45) is 5.40. The molecule has 2 aromatic rings. The van der Waals surface area contributed by atoms with Gasteiger partial charge in [0.2, 0.25) is 11.7 Å². The van der Waals surface area contributed by atoms with Gasteiger partial charge in [-0.15, -0.1) is 0 Å². The summed E-state index contributed by atoms with van der Waals surface area (Å²) in [5.74, 6) is 2.06. The summed E-state index contributed by atoms with van der Waals surface area (Å²) in [6.45, 7) is 5.03. The number of nitrogens with two attached hydrogens (primary N) is 1. The van der Waals surface area contributed by atoms with Crippen LogP contribution in [0.1, 0.15) is 44.1 Å². The maximum absolute atomic E-state index is 5.67. The lowest BCUT2D eigenvalue weighted by Gasteiger charge is -2.13. The molecule has 0 fully saturated rings. The first-order valence-electron chi connectivity index (χ1n) is 7.82. The predicted octanol–water partition coefficient (Wildman–Crippen LogP) is 3.74. The van der Waals surface area contributed by atoms with Gasteiger partial charge in [0.1, 0.15) is 0 Å². The molecule has 1 aromatic heterocycles. The van der Waals surface area contributed by atoms with Crippen LogP contribution in [0.3, 0.4) is 0 Å². The number of rotatable bonds is 8. The van der Waals surface area contributed by atoms with Crippen molar-refractivity contribution < 1.29 is 4.52 Å². The molecule has 4 nitrogen and oxygen atoms in total. The van der Waals surface area contributed by atoms with E-state index in [1.54, 1.807) is 0 Å². The van der Waals surface area contributed by atoms with Crippen LogP contribution in [0.5, 0.6) is 0 Å². The van der Waals surface area contributed by atoms with Crippen molar-refractivity contribution in [1.82, 2.24) is 10.1 Å². The standard InChI is InChI=1S/C17H25N3O/c1-3-4-14(11-12-18)7-10-16-19-17(20-21-16)15-8-5-13(2)6-9-15/h5-6,8-9,14H,3-4,7,10-12,18H2,1-2H3. The van der Waals surface area contributed by atoms with Gasteiger partial charge in [-0.1, -0.05) is 54.8 Å². The summed E-state index contributed by atoms with van der Waals surface area (Å²) < 4.78 is 5.36. The van der Waals surface area contributed by atoms with Gasteiger partial charge in [0.05, 0.1) is 0 Å². The van der Waals surface area contributed by atoms with Crippen molar-refractivity contribution in [3.8, 4) is 11.4 Å². The summed E-state index contributed by atoms with van der Waals surface area (Å²) in [4.78, 5) is 4.49. The Labute approximate surface area is 126 Å². The van der Waals surface area contributed by atoms with Crippen molar-refractivity contribution in [2.45, 2.75) is 46.0 Å². The molecule has 0 radical (unpaired) electrons. The molecule has 2 rings (SSSR count). The summed E-state index contributed by atoms with van der Waals surface area (Å²) in [5, 5.41) is 4.08. The van der Waals surface area contributed by atoms with Gasteiger partial charge >= 0.3 is 0 Å². The molecule has 114 valence electrons. The van der Waals surface area contributed by atoms with Gasteiger partial charge in [-0.25, -0.2) is 0 Å². The lowest BCUT2D eigenvalue weighted by atomic mass is 9.94. The van der Waals surface area contributed by atoms with Crippen LogP contribution in [0.2, 0.25) is 0 Å². The minimum Gasteiger partial charge on any atom is -0.339 e. The third-order valence-corrected chi connectivity index (χ3v) is 3.82. The second-order valence-corrected chi connectivity index (χ2v) is 5.65. The number of hydrogen-bond acceptors (Lipinski definition) is 4. The number of benzene rings is 1. The first kappa shape index (κ1) is 15.7. The van der Waals surface area contributed by atoms with Gasteiger partial charge in [-0.3, -0.25) is 0 Å². The monoisotopic (exact) mass is 287 g/mol. The highest BCUT2D eigenvalue weighted by molar-refractivity contribution is 5.54. The topological polar surface area (TPSA) is 64.9 Å². The fourth-order valence-corrected chi connectivity index (χ4v) is 2.58. The van der Waals surface area contributed by atoms with Crippen molar-refractivity contribution in [3.05, 3.63) is 35.7 Å². The largest absolute Gasteiger partial charge is 0.339 e. The van der Waals surface area contributed by atoms with E-state index in [2.05, 4.69) is 36.1 Å². The average Bonchev–Trinajstić information content (AvgIpc) is 2.95. The quantitative estimate of drug-likeness (QED) is 0.803. The van der Waals surface area contributed by atoms with Crippen LogP contribution in [0, 0.1) is 12.8 Å². The molecule has 0 aliphatic heterocycles. The highest BCUT2D eigenvalue weighted by Crippen LogP contribution is 2.20. The molecule has 0 spiro atoms. The fraction of sp³-hybridized carbons (Fsp3) is 0.529. The van der Waals surface area contributed by atoms with E-state index >= 15 is 0 Å². The molecule has 0 amide bonds. The molecule has 0 saturated heterocycles. The highest BCUT2D eigenvalue weighted by atomic mass is 16.5. The Morgan fingerprint density at radius 1 is 1.14 bits per heavy atom. The minimum atomic E-state index is 0.662. The van der Waals surface area contributed by atoms with Crippen molar-refractivity contribution >= 4 is 0 Å². The Hall–Kier alpha value is -1.68. The van der Waals surface area contributed by atoms with Crippen LogP contribution in [0.25, 0.3) is 11.4 Å². The fourth-order valence-electron chi connectivity index (χ4n) is 2.58. The number of hydrogen-bond donors (Lipinski definition) is 1. The molecule has 0 aliphatic carbocycles. The zero-order chi connectivity index (χ0) is 15.1. The normalized spacial score (nSPS) is 12.5. The molecule has 0 bridgehead atoms. The number of aryl methyl sites for hydroxylation is 2. The molecule has 0 aliphatic rings. The Morgan fingerprint density at radius 2 is 1.90 bits per heavy atom. The van der Waals surface area contributed by atoms with E-state index in [4.69, 9.17) is 10.3 Å². The smallest absolute Gasteiger partial charge is 0.226 e. The first-order chi connectivity index (χ1) is 10.2. The van der Waals surface area contributed by atoms with Crippen LogP contribution in [-0.2, 0) is 6.42 Å². The summed E-state index contributed by atoms with van der Waals surface area (Å²) in [6, 6.07) is 8.17. The zero-order valence-electron chi connectivity index (χ0n) is 13.0. The van der Waals surface area contributed by atoms with Crippen LogP contribution in [0.15, 0.2) is 28.8 Å². The molecule has 21 heavy (non-hydrogen) atoms. The summed E-state index contributed by atoms with van der Waals surface area (Å²) in [7, 11) is 0. The van der Waals surface area contributed by atoms with Crippen LogP contribution in [-0.4, -0.2) is 16.7 Å². The third kappa shape index (κ3) is 4.67. The average molecular weight is 287 g/mol. The summed E-state index contributed by atoms with van der Waals surface area (Å²) >= 11 is 0. The second-order valence-electron chi connectivity index (χ2n) is 5.65. The zero-order valence-corrected chi connectivity index (χ0v) is 13.0. The van der Waals surface area contributed by atoms with E-state index < -0.39 is 0 Å². The lowest BCUT2D eigenvalue weighted by Crippen LogP contribution is -2.09. The molecule has 0 saturated carbocycles. The highest BCUT2D eigenvalue weighted by Gasteiger charge is 2.12. The Bertz CT molecular complexity index is 527. The van der Waals surface area contributed by atoms with Gasteiger partial charge < -0.3 is 10.3 Å². The van der Waals surface area contributed by atoms with Crippen molar-refractivity contribution in [1.29, 1.82) is 0 Å². The Morgan fingerprint density at radius 3 is 2.57 bits per heavy atom. The van der Waals surface area contributed by atoms with Gasteiger partial charge in [0.15, 0.2) is 0 Å². The molecule has 2 N–H and O–H groups in total. The Balaban J connectivity index is 1.95.